The lowest BCUT2D eigenvalue weighted by molar-refractivity contribution is -0.111. The SMILES string of the molecule is O=C(C=Cc1c(Cl)nc2ccccn12)Nc1ccc2oc(=O)ccc2c1. The third kappa shape index (κ3) is 3.10. The topological polar surface area (TPSA) is 76.6 Å². The monoisotopic (exact) mass is 365 g/mol. The number of carbonyl (C=O) groups excluding carboxylic acids is 1. The molecule has 4 rings (SSSR count). The van der Waals surface area contributed by atoms with Crippen LogP contribution < -0.4 is 10.9 Å². The molecule has 4 aromatic rings. The summed E-state index contributed by atoms with van der Waals surface area (Å²) >= 11 is 6.14. The van der Waals surface area contributed by atoms with Crippen LogP contribution in [0.25, 0.3) is 22.7 Å². The number of nitrogens with zero attached hydrogens (tertiary/aromatic N) is 2. The number of rotatable bonds is 3. The summed E-state index contributed by atoms with van der Waals surface area (Å²) in [6.45, 7) is 0. The lowest BCUT2D eigenvalue weighted by Gasteiger charge is -2.03. The molecule has 128 valence electrons. The molecule has 3 heterocycles. The van der Waals surface area contributed by atoms with Crippen molar-refractivity contribution in [1.29, 1.82) is 0 Å². The first kappa shape index (κ1) is 16.1. The first-order chi connectivity index (χ1) is 12.6. The van der Waals surface area contributed by atoms with Crippen LogP contribution in [-0.2, 0) is 4.79 Å². The highest BCUT2D eigenvalue weighted by Crippen LogP contribution is 2.20. The summed E-state index contributed by atoms with van der Waals surface area (Å²) in [6.07, 6.45) is 4.82. The number of hydrogen-bond acceptors (Lipinski definition) is 4. The van der Waals surface area contributed by atoms with Crippen molar-refractivity contribution in [3.63, 3.8) is 0 Å². The molecule has 26 heavy (non-hydrogen) atoms. The number of halogens is 1. The van der Waals surface area contributed by atoms with Crippen LogP contribution in [0.15, 0.2) is 70.0 Å². The Morgan fingerprint density at radius 3 is 2.96 bits per heavy atom. The minimum atomic E-state index is -0.415. The molecular weight excluding hydrogens is 354 g/mol. The Kier molecular flexibility index (Phi) is 4.02. The second-order valence-corrected chi connectivity index (χ2v) is 5.90. The molecule has 1 aromatic carbocycles. The third-order valence-corrected chi connectivity index (χ3v) is 4.08. The van der Waals surface area contributed by atoms with Crippen LogP contribution in [0.4, 0.5) is 5.69 Å². The number of imidazole rings is 1. The maximum Gasteiger partial charge on any atom is 0.336 e. The number of nitrogens with one attached hydrogen (secondary N) is 1. The molecule has 0 fully saturated rings. The van der Waals surface area contributed by atoms with Crippen LogP contribution in [0.3, 0.4) is 0 Å². The zero-order chi connectivity index (χ0) is 18.1. The molecule has 1 amide bonds. The van der Waals surface area contributed by atoms with Gasteiger partial charge in [-0.2, -0.15) is 0 Å². The van der Waals surface area contributed by atoms with Crippen LogP contribution in [0, 0.1) is 0 Å². The molecule has 0 saturated carbocycles. The molecule has 0 saturated heterocycles. The number of amides is 1. The van der Waals surface area contributed by atoms with Gasteiger partial charge in [-0.05, 0) is 42.5 Å². The number of fused-ring (bicyclic) bond motifs is 2. The van der Waals surface area contributed by atoms with E-state index in [0.29, 0.717) is 27.8 Å². The van der Waals surface area contributed by atoms with E-state index in [2.05, 4.69) is 10.3 Å². The van der Waals surface area contributed by atoms with Gasteiger partial charge in [0.1, 0.15) is 11.2 Å². The van der Waals surface area contributed by atoms with Gasteiger partial charge in [-0.25, -0.2) is 9.78 Å². The van der Waals surface area contributed by atoms with E-state index in [1.165, 1.54) is 12.1 Å². The largest absolute Gasteiger partial charge is 0.423 e. The first-order valence-corrected chi connectivity index (χ1v) is 8.13. The fraction of sp³-hybridized carbons (Fsp3) is 0. The van der Waals surface area contributed by atoms with E-state index in [0.717, 1.165) is 5.39 Å². The van der Waals surface area contributed by atoms with E-state index < -0.39 is 5.63 Å². The van der Waals surface area contributed by atoms with Gasteiger partial charge in [0.05, 0.1) is 5.69 Å². The predicted molar refractivity (Wildman–Crippen MR) is 100 cm³/mol. The van der Waals surface area contributed by atoms with Crippen LogP contribution >= 0.6 is 11.6 Å². The van der Waals surface area contributed by atoms with Crippen LogP contribution in [0.5, 0.6) is 0 Å². The van der Waals surface area contributed by atoms with Crippen LogP contribution in [0.2, 0.25) is 5.15 Å². The summed E-state index contributed by atoms with van der Waals surface area (Å²) < 4.78 is 6.86. The number of hydrogen-bond donors (Lipinski definition) is 1. The molecule has 0 radical (unpaired) electrons. The molecule has 1 N–H and O–H groups in total. The van der Waals surface area contributed by atoms with Gasteiger partial charge in [0.15, 0.2) is 5.15 Å². The van der Waals surface area contributed by atoms with Gasteiger partial charge in [0.2, 0.25) is 5.91 Å². The van der Waals surface area contributed by atoms with E-state index in [-0.39, 0.29) is 5.91 Å². The molecule has 0 unspecified atom stereocenters. The first-order valence-electron chi connectivity index (χ1n) is 7.76. The van der Waals surface area contributed by atoms with Crippen LogP contribution in [0.1, 0.15) is 5.69 Å². The van der Waals surface area contributed by atoms with Gasteiger partial charge in [-0.15, -0.1) is 0 Å². The van der Waals surface area contributed by atoms with Crippen molar-refractivity contribution in [3.05, 3.63) is 82.1 Å². The highest BCUT2D eigenvalue weighted by atomic mass is 35.5. The Balaban J connectivity index is 1.56. The van der Waals surface area contributed by atoms with Crippen molar-refractivity contribution in [2.45, 2.75) is 0 Å². The number of anilines is 1. The molecule has 0 aliphatic rings. The molecule has 6 nitrogen and oxygen atoms in total. The maximum atomic E-state index is 12.2. The quantitative estimate of drug-likeness (QED) is 0.443. The molecule has 0 spiro atoms. The number of pyridine rings is 1. The van der Waals surface area contributed by atoms with E-state index >= 15 is 0 Å². The Hall–Kier alpha value is -3.38. The highest BCUT2D eigenvalue weighted by molar-refractivity contribution is 6.31. The number of carbonyl (C=O) groups is 1. The number of aromatic nitrogens is 2. The Morgan fingerprint density at radius 2 is 2.08 bits per heavy atom. The second-order valence-electron chi connectivity index (χ2n) is 5.55. The highest BCUT2D eigenvalue weighted by Gasteiger charge is 2.07. The van der Waals surface area contributed by atoms with Crippen molar-refractivity contribution in [3.8, 4) is 0 Å². The van der Waals surface area contributed by atoms with Gasteiger partial charge in [0.25, 0.3) is 0 Å². The summed E-state index contributed by atoms with van der Waals surface area (Å²) in [5, 5.41) is 3.80. The zero-order valence-electron chi connectivity index (χ0n) is 13.3. The minimum absolute atomic E-state index is 0.316. The zero-order valence-corrected chi connectivity index (χ0v) is 14.1. The van der Waals surface area contributed by atoms with Crippen molar-refractivity contribution in [1.82, 2.24) is 9.38 Å². The molecular formula is C19H12ClN3O3. The fourth-order valence-corrected chi connectivity index (χ4v) is 2.86. The summed E-state index contributed by atoms with van der Waals surface area (Å²) in [6, 6.07) is 13.6. The van der Waals surface area contributed by atoms with E-state index in [4.69, 9.17) is 16.0 Å². The summed E-state index contributed by atoms with van der Waals surface area (Å²) in [4.78, 5) is 27.6. The molecule has 7 heteroatoms. The van der Waals surface area contributed by atoms with Gasteiger partial charge in [-0.1, -0.05) is 17.7 Å². The van der Waals surface area contributed by atoms with E-state index in [1.54, 1.807) is 34.7 Å². The molecule has 0 aliphatic heterocycles. The fourth-order valence-electron chi connectivity index (χ4n) is 2.62. The predicted octanol–water partition coefficient (Wildman–Crippen LogP) is 3.75. The van der Waals surface area contributed by atoms with Crippen molar-refractivity contribution >= 4 is 45.9 Å². The minimum Gasteiger partial charge on any atom is -0.423 e. The molecule has 0 bridgehead atoms. The Labute approximate surface area is 152 Å². The van der Waals surface area contributed by atoms with Crippen LogP contribution in [-0.4, -0.2) is 15.3 Å². The lowest BCUT2D eigenvalue weighted by Crippen LogP contribution is -2.07. The second kappa shape index (κ2) is 6.50. The van der Waals surface area contributed by atoms with Gasteiger partial charge in [0, 0.05) is 29.4 Å². The molecule has 0 aliphatic carbocycles. The smallest absolute Gasteiger partial charge is 0.336 e. The van der Waals surface area contributed by atoms with Gasteiger partial charge < -0.3 is 9.73 Å². The number of benzene rings is 1. The molecule has 3 aromatic heterocycles. The van der Waals surface area contributed by atoms with E-state index in [1.807, 2.05) is 24.4 Å². The standard InChI is InChI=1S/C19H12ClN3O3/c20-19-14(23-10-2-1-3-16(23)22-19)6-8-17(24)21-13-5-7-15-12(11-13)4-9-18(25)26-15/h1-11H,(H,21,24). The summed E-state index contributed by atoms with van der Waals surface area (Å²) in [7, 11) is 0. The maximum absolute atomic E-state index is 12.2. The average molecular weight is 366 g/mol. The summed E-state index contributed by atoms with van der Waals surface area (Å²) in [5.41, 5.74) is 1.96. The molecule has 0 atom stereocenters. The summed E-state index contributed by atoms with van der Waals surface area (Å²) in [5.74, 6) is -0.316. The normalized spacial score (nSPS) is 11.4. The Bertz CT molecular complexity index is 1220. The Morgan fingerprint density at radius 1 is 1.19 bits per heavy atom. The average Bonchev–Trinajstić information content (AvgIpc) is 2.95. The van der Waals surface area contributed by atoms with Crippen molar-refractivity contribution in [2.24, 2.45) is 0 Å². The van der Waals surface area contributed by atoms with E-state index in [9.17, 15) is 9.59 Å². The van der Waals surface area contributed by atoms with Crippen molar-refractivity contribution in [2.75, 3.05) is 5.32 Å². The van der Waals surface area contributed by atoms with Gasteiger partial charge >= 0.3 is 5.63 Å². The third-order valence-electron chi connectivity index (χ3n) is 3.80. The van der Waals surface area contributed by atoms with Crippen molar-refractivity contribution < 1.29 is 9.21 Å². The lowest BCUT2D eigenvalue weighted by atomic mass is 10.2. The van der Waals surface area contributed by atoms with Gasteiger partial charge in [-0.3, -0.25) is 9.20 Å².